The van der Waals surface area contributed by atoms with Crippen LogP contribution in [0.4, 0.5) is 5.69 Å². The van der Waals surface area contributed by atoms with Gasteiger partial charge in [0.2, 0.25) is 0 Å². The van der Waals surface area contributed by atoms with Crippen molar-refractivity contribution in [2.45, 2.75) is 6.92 Å². The first-order valence-corrected chi connectivity index (χ1v) is 8.55. The van der Waals surface area contributed by atoms with Crippen LogP contribution in [-0.4, -0.2) is 25.1 Å². The number of nitrogens with zero attached hydrogens (tertiary/aromatic N) is 1. The number of carbonyl (C=O) groups is 1. The molecule has 1 N–H and O–H groups in total. The van der Waals surface area contributed by atoms with Gasteiger partial charge in [-0.1, -0.05) is 18.2 Å². The van der Waals surface area contributed by atoms with E-state index in [9.17, 15) is 4.79 Å². The van der Waals surface area contributed by atoms with E-state index in [-0.39, 0.29) is 5.91 Å². The van der Waals surface area contributed by atoms with Crippen LogP contribution in [-0.2, 0) is 0 Å². The second-order valence-electron chi connectivity index (χ2n) is 5.38. The molecule has 0 saturated heterocycles. The molecule has 0 aliphatic heterocycles. The molecule has 0 aliphatic rings. The second kappa shape index (κ2) is 7.36. The summed E-state index contributed by atoms with van der Waals surface area (Å²) in [4.78, 5) is 16.9. The van der Waals surface area contributed by atoms with Gasteiger partial charge in [0.1, 0.15) is 10.7 Å². The fourth-order valence-corrected chi connectivity index (χ4v) is 3.18. The number of anilines is 1. The van der Waals surface area contributed by atoms with E-state index < -0.39 is 0 Å². The van der Waals surface area contributed by atoms with Gasteiger partial charge in [-0.2, -0.15) is 0 Å². The summed E-state index contributed by atoms with van der Waals surface area (Å²) in [7, 11) is 3.18. The third-order valence-corrected chi connectivity index (χ3v) is 4.65. The Balaban J connectivity index is 1.83. The van der Waals surface area contributed by atoms with Gasteiger partial charge >= 0.3 is 0 Å². The molecule has 6 heteroatoms. The van der Waals surface area contributed by atoms with Crippen molar-refractivity contribution >= 4 is 22.9 Å². The molecule has 25 heavy (non-hydrogen) atoms. The van der Waals surface area contributed by atoms with Gasteiger partial charge < -0.3 is 14.8 Å². The summed E-state index contributed by atoms with van der Waals surface area (Å²) >= 11 is 1.41. The number of aromatic nitrogens is 1. The summed E-state index contributed by atoms with van der Waals surface area (Å²) in [5.74, 6) is 1.05. The van der Waals surface area contributed by atoms with Gasteiger partial charge in [0.05, 0.1) is 14.2 Å². The Morgan fingerprint density at radius 1 is 1.08 bits per heavy atom. The zero-order valence-electron chi connectivity index (χ0n) is 14.2. The zero-order valence-corrected chi connectivity index (χ0v) is 15.0. The van der Waals surface area contributed by atoms with Crippen LogP contribution in [0.3, 0.4) is 0 Å². The molecule has 2 aromatic carbocycles. The molecule has 0 bridgehead atoms. The number of benzene rings is 2. The molecule has 5 nitrogen and oxygen atoms in total. The number of hydrogen-bond donors (Lipinski definition) is 1. The van der Waals surface area contributed by atoms with E-state index in [2.05, 4.69) is 10.3 Å². The number of ether oxygens (including phenoxy) is 2. The fraction of sp³-hybridized carbons (Fsp3) is 0.158. The average molecular weight is 354 g/mol. The predicted molar refractivity (Wildman–Crippen MR) is 99.8 cm³/mol. The summed E-state index contributed by atoms with van der Waals surface area (Å²) in [5.41, 5.74) is 3.05. The normalized spacial score (nSPS) is 10.4. The molecule has 3 rings (SSSR count). The highest BCUT2D eigenvalue weighted by atomic mass is 32.1. The van der Waals surface area contributed by atoms with Crippen molar-refractivity contribution < 1.29 is 14.3 Å². The Kier molecular flexibility index (Phi) is 5.00. The number of hydrogen-bond acceptors (Lipinski definition) is 5. The minimum Gasteiger partial charge on any atom is -0.493 e. The molecule has 128 valence electrons. The fourth-order valence-electron chi connectivity index (χ4n) is 2.38. The van der Waals surface area contributed by atoms with Crippen molar-refractivity contribution in [3.8, 4) is 22.1 Å². The SMILES string of the molecule is COc1ccc(-c2nc(C(=O)Nc3ccccc3C)cs2)cc1OC. The van der Waals surface area contributed by atoms with Gasteiger partial charge in [0.15, 0.2) is 11.5 Å². The molecule has 1 aromatic heterocycles. The van der Waals surface area contributed by atoms with E-state index in [1.54, 1.807) is 19.6 Å². The topological polar surface area (TPSA) is 60.5 Å². The first-order chi connectivity index (χ1) is 12.1. The number of aryl methyl sites for hydroxylation is 1. The number of methoxy groups -OCH3 is 2. The molecular formula is C19H18N2O3S. The molecule has 0 saturated carbocycles. The Morgan fingerprint density at radius 3 is 2.56 bits per heavy atom. The highest BCUT2D eigenvalue weighted by Gasteiger charge is 2.14. The molecule has 1 heterocycles. The average Bonchev–Trinajstić information content (AvgIpc) is 3.13. The molecule has 0 spiro atoms. The number of thiazole rings is 1. The summed E-state index contributed by atoms with van der Waals surface area (Å²) in [5, 5.41) is 5.39. The van der Waals surface area contributed by atoms with E-state index in [0.717, 1.165) is 21.8 Å². The predicted octanol–water partition coefficient (Wildman–Crippen LogP) is 4.39. The van der Waals surface area contributed by atoms with E-state index in [4.69, 9.17) is 9.47 Å². The molecule has 1 amide bonds. The van der Waals surface area contributed by atoms with Crippen molar-refractivity contribution in [3.63, 3.8) is 0 Å². The number of carbonyl (C=O) groups excluding carboxylic acids is 1. The number of para-hydroxylation sites is 1. The van der Waals surface area contributed by atoms with Crippen LogP contribution in [0.5, 0.6) is 11.5 Å². The van der Waals surface area contributed by atoms with Gasteiger partial charge in [-0.05, 0) is 36.8 Å². The molecule has 0 aliphatic carbocycles. The van der Waals surface area contributed by atoms with Crippen molar-refractivity contribution in [2.75, 3.05) is 19.5 Å². The maximum Gasteiger partial charge on any atom is 0.275 e. The zero-order chi connectivity index (χ0) is 17.8. The summed E-state index contributed by atoms with van der Waals surface area (Å²) in [6.45, 7) is 1.95. The van der Waals surface area contributed by atoms with Crippen molar-refractivity contribution in [1.29, 1.82) is 0 Å². The van der Waals surface area contributed by atoms with Gasteiger partial charge in [-0.25, -0.2) is 4.98 Å². The largest absolute Gasteiger partial charge is 0.493 e. The Labute approximate surface area is 150 Å². The number of amides is 1. The van der Waals surface area contributed by atoms with Crippen molar-refractivity contribution in [2.24, 2.45) is 0 Å². The molecule has 0 atom stereocenters. The summed E-state index contributed by atoms with van der Waals surface area (Å²) in [6, 6.07) is 13.2. The lowest BCUT2D eigenvalue weighted by atomic mass is 10.2. The number of nitrogens with one attached hydrogen (secondary N) is 1. The lowest BCUT2D eigenvalue weighted by Crippen LogP contribution is -2.13. The summed E-state index contributed by atoms with van der Waals surface area (Å²) in [6.07, 6.45) is 0. The van der Waals surface area contributed by atoms with Gasteiger partial charge in [0.25, 0.3) is 5.91 Å². The van der Waals surface area contributed by atoms with Crippen LogP contribution in [0.1, 0.15) is 16.1 Å². The van der Waals surface area contributed by atoms with Crippen LogP contribution >= 0.6 is 11.3 Å². The van der Waals surface area contributed by atoms with Crippen LogP contribution in [0.2, 0.25) is 0 Å². The smallest absolute Gasteiger partial charge is 0.275 e. The van der Waals surface area contributed by atoms with Gasteiger partial charge in [-0.15, -0.1) is 11.3 Å². The monoisotopic (exact) mass is 354 g/mol. The lowest BCUT2D eigenvalue weighted by Gasteiger charge is -2.08. The first-order valence-electron chi connectivity index (χ1n) is 7.67. The van der Waals surface area contributed by atoms with Crippen LogP contribution in [0.25, 0.3) is 10.6 Å². The quantitative estimate of drug-likeness (QED) is 0.738. The third-order valence-electron chi connectivity index (χ3n) is 3.76. The van der Waals surface area contributed by atoms with E-state index >= 15 is 0 Å². The molecule has 0 fully saturated rings. The second-order valence-corrected chi connectivity index (χ2v) is 6.23. The number of rotatable bonds is 5. The van der Waals surface area contributed by atoms with Crippen molar-refractivity contribution in [3.05, 3.63) is 59.1 Å². The maximum atomic E-state index is 12.4. The lowest BCUT2D eigenvalue weighted by molar-refractivity contribution is 0.102. The van der Waals surface area contributed by atoms with Crippen LogP contribution in [0, 0.1) is 6.92 Å². The standard InChI is InChI=1S/C19H18N2O3S/c1-12-6-4-5-7-14(12)20-18(22)15-11-25-19(21-15)13-8-9-16(23-2)17(10-13)24-3/h4-11H,1-3H3,(H,20,22). The molecule has 0 radical (unpaired) electrons. The van der Waals surface area contributed by atoms with Crippen LogP contribution < -0.4 is 14.8 Å². The van der Waals surface area contributed by atoms with E-state index in [1.807, 2.05) is 49.4 Å². The van der Waals surface area contributed by atoms with Crippen molar-refractivity contribution in [1.82, 2.24) is 4.98 Å². The minimum atomic E-state index is -0.225. The minimum absolute atomic E-state index is 0.225. The Morgan fingerprint density at radius 2 is 1.84 bits per heavy atom. The Bertz CT molecular complexity index is 905. The highest BCUT2D eigenvalue weighted by Crippen LogP contribution is 2.33. The third kappa shape index (κ3) is 3.64. The van der Waals surface area contributed by atoms with E-state index in [0.29, 0.717) is 17.2 Å². The van der Waals surface area contributed by atoms with Crippen LogP contribution in [0.15, 0.2) is 47.8 Å². The maximum absolute atomic E-state index is 12.4. The first kappa shape index (κ1) is 17.0. The van der Waals surface area contributed by atoms with Gasteiger partial charge in [0, 0.05) is 16.6 Å². The summed E-state index contributed by atoms with van der Waals surface area (Å²) < 4.78 is 10.6. The van der Waals surface area contributed by atoms with Gasteiger partial charge in [-0.3, -0.25) is 4.79 Å². The molecule has 3 aromatic rings. The highest BCUT2D eigenvalue weighted by molar-refractivity contribution is 7.13. The molecule has 0 unspecified atom stereocenters. The Hall–Kier alpha value is -2.86. The van der Waals surface area contributed by atoms with E-state index in [1.165, 1.54) is 11.3 Å². The molecular weight excluding hydrogens is 336 g/mol.